The van der Waals surface area contributed by atoms with Gasteiger partial charge in [0.2, 0.25) is 5.91 Å². The minimum atomic E-state index is -0.573. The summed E-state index contributed by atoms with van der Waals surface area (Å²) in [5.74, 6) is 0.000965. The van der Waals surface area contributed by atoms with Gasteiger partial charge in [-0.25, -0.2) is 0 Å². The van der Waals surface area contributed by atoms with Gasteiger partial charge in [-0.1, -0.05) is 19.1 Å². The minimum absolute atomic E-state index is 0.000965. The van der Waals surface area contributed by atoms with Crippen LogP contribution in [0, 0.1) is 0 Å². The number of pyridine rings is 1. The lowest BCUT2D eigenvalue weighted by Gasteiger charge is -2.21. The molecule has 3 heterocycles. The van der Waals surface area contributed by atoms with Crippen molar-refractivity contribution in [1.29, 1.82) is 0 Å². The van der Waals surface area contributed by atoms with Crippen molar-refractivity contribution in [3.63, 3.8) is 0 Å². The van der Waals surface area contributed by atoms with E-state index in [9.17, 15) is 14.7 Å². The van der Waals surface area contributed by atoms with Crippen molar-refractivity contribution in [1.82, 2.24) is 19.2 Å². The Labute approximate surface area is 162 Å². The summed E-state index contributed by atoms with van der Waals surface area (Å²) in [6.07, 6.45) is 2.53. The molecule has 7 nitrogen and oxygen atoms in total. The molecule has 0 unspecified atom stereocenters. The zero-order chi connectivity index (χ0) is 19.7. The van der Waals surface area contributed by atoms with Gasteiger partial charge in [-0.05, 0) is 31.0 Å². The van der Waals surface area contributed by atoms with Crippen LogP contribution in [0.3, 0.4) is 0 Å². The van der Waals surface area contributed by atoms with Crippen LogP contribution in [-0.4, -0.2) is 36.8 Å². The summed E-state index contributed by atoms with van der Waals surface area (Å²) in [7, 11) is 0. The van der Waals surface area contributed by atoms with Crippen molar-refractivity contribution in [3.8, 4) is 0 Å². The summed E-state index contributed by atoms with van der Waals surface area (Å²) in [6, 6.07) is 10.7. The SMILES string of the molecule is CC[C@@H](O)c1cc2n(n1)CCCN(C(=O)Cn1ccc(=O)c3ccccc31)C2. The number of hydrogen-bond donors (Lipinski definition) is 1. The number of carbonyl (C=O) groups excluding carboxylic acids is 1. The van der Waals surface area contributed by atoms with E-state index in [4.69, 9.17) is 0 Å². The first-order chi connectivity index (χ1) is 13.6. The van der Waals surface area contributed by atoms with Gasteiger partial charge in [-0.3, -0.25) is 14.3 Å². The number of nitrogens with zero attached hydrogens (tertiary/aromatic N) is 4. The monoisotopic (exact) mass is 380 g/mol. The van der Waals surface area contributed by atoms with E-state index in [1.165, 1.54) is 6.07 Å². The van der Waals surface area contributed by atoms with Gasteiger partial charge in [0.05, 0.1) is 29.6 Å². The molecule has 1 aliphatic rings. The standard InChI is InChI=1S/C21H24N4O3/c1-2-19(26)17-12-15-13-24(9-5-10-25(15)22-17)21(28)14-23-11-8-20(27)16-6-3-4-7-18(16)23/h3-4,6-8,11-12,19,26H,2,5,9-10,13-14H2,1H3/t19-/m1/s1. The van der Waals surface area contributed by atoms with Crippen molar-refractivity contribution >= 4 is 16.8 Å². The number of carbonyl (C=O) groups is 1. The number of amides is 1. The Bertz CT molecular complexity index is 1070. The highest BCUT2D eigenvalue weighted by Crippen LogP contribution is 2.20. The van der Waals surface area contributed by atoms with Gasteiger partial charge < -0.3 is 14.6 Å². The van der Waals surface area contributed by atoms with Crippen molar-refractivity contribution < 1.29 is 9.90 Å². The molecule has 4 rings (SSSR count). The van der Waals surface area contributed by atoms with Gasteiger partial charge in [0.15, 0.2) is 5.43 Å². The Hall–Kier alpha value is -2.93. The molecule has 1 atom stereocenters. The minimum Gasteiger partial charge on any atom is -0.387 e. The Morgan fingerprint density at radius 1 is 1.25 bits per heavy atom. The fourth-order valence-electron chi connectivity index (χ4n) is 3.71. The van der Waals surface area contributed by atoms with Gasteiger partial charge >= 0.3 is 0 Å². The number of fused-ring (bicyclic) bond motifs is 2. The molecule has 28 heavy (non-hydrogen) atoms. The molecule has 1 aromatic carbocycles. The third-order valence-electron chi connectivity index (χ3n) is 5.30. The maximum absolute atomic E-state index is 13.0. The molecule has 0 spiro atoms. The first-order valence-electron chi connectivity index (χ1n) is 9.67. The van der Waals surface area contributed by atoms with E-state index in [0.717, 1.165) is 24.2 Å². The van der Waals surface area contributed by atoms with E-state index in [-0.39, 0.29) is 17.9 Å². The lowest BCUT2D eigenvalue weighted by Crippen LogP contribution is -2.33. The highest BCUT2D eigenvalue weighted by molar-refractivity contribution is 5.82. The molecule has 0 bridgehead atoms. The molecule has 0 aliphatic carbocycles. The normalized spacial score (nSPS) is 15.3. The number of benzene rings is 1. The van der Waals surface area contributed by atoms with Crippen LogP contribution in [0.5, 0.6) is 0 Å². The summed E-state index contributed by atoms with van der Waals surface area (Å²) in [4.78, 5) is 26.9. The highest BCUT2D eigenvalue weighted by Gasteiger charge is 2.22. The Morgan fingerprint density at radius 3 is 2.89 bits per heavy atom. The third-order valence-corrected chi connectivity index (χ3v) is 5.30. The number of aromatic nitrogens is 3. The fraction of sp³-hybridized carbons (Fsp3) is 0.381. The quantitative estimate of drug-likeness (QED) is 0.751. The predicted molar refractivity (Wildman–Crippen MR) is 106 cm³/mol. The second kappa shape index (κ2) is 7.59. The summed E-state index contributed by atoms with van der Waals surface area (Å²) in [5.41, 5.74) is 2.33. The van der Waals surface area contributed by atoms with Gasteiger partial charge in [-0.2, -0.15) is 5.10 Å². The van der Waals surface area contributed by atoms with Gasteiger partial charge in [0.25, 0.3) is 0 Å². The first-order valence-corrected chi connectivity index (χ1v) is 9.67. The average molecular weight is 380 g/mol. The van der Waals surface area contributed by atoms with E-state index in [2.05, 4.69) is 5.10 Å². The van der Waals surface area contributed by atoms with Crippen LogP contribution in [0.4, 0.5) is 0 Å². The van der Waals surface area contributed by atoms with Crippen molar-refractivity contribution in [3.05, 3.63) is 64.2 Å². The van der Waals surface area contributed by atoms with Crippen LogP contribution in [-0.2, 0) is 24.4 Å². The molecule has 0 saturated heterocycles. The second-order valence-corrected chi connectivity index (χ2v) is 7.20. The first kappa shape index (κ1) is 18.4. The Kier molecular flexibility index (Phi) is 5.00. The van der Waals surface area contributed by atoms with Crippen molar-refractivity contribution in [2.45, 2.75) is 45.5 Å². The number of aliphatic hydroxyl groups is 1. The van der Waals surface area contributed by atoms with E-state index in [1.807, 2.05) is 45.3 Å². The summed E-state index contributed by atoms with van der Waals surface area (Å²) in [6.45, 7) is 3.96. The zero-order valence-corrected chi connectivity index (χ0v) is 15.9. The smallest absolute Gasteiger partial charge is 0.242 e. The fourth-order valence-corrected chi connectivity index (χ4v) is 3.71. The Morgan fingerprint density at radius 2 is 2.07 bits per heavy atom. The molecule has 2 aromatic heterocycles. The molecule has 7 heteroatoms. The predicted octanol–water partition coefficient (Wildman–Crippen LogP) is 2.07. The molecule has 1 N–H and O–H groups in total. The molecule has 1 aliphatic heterocycles. The Balaban J connectivity index is 1.57. The highest BCUT2D eigenvalue weighted by atomic mass is 16.3. The van der Waals surface area contributed by atoms with Gasteiger partial charge in [0, 0.05) is 30.7 Å². The summed E-state index contributed by atoms with van der Waals surface area (Å²) >= 11 is 0. The number of rotatable bonds is 4. The zero-order valence-electron chi connectivity index (χ0n) is 15.9. The molecular formula is C21H24N4O3. The van der Waals surface area contributed by atoms with Gasteiger partial charge in [-0.15, -0.1) is 0 Å². The largest absolute Gasteiger partial charge is 0.387 e. The van der Waals surface area contributed by atoms with E-state index in [1.54, 1.807) is 12.3 Å². The third kappa shape index (κ3) is 3.45. The molecule has 1 amide bonds. The van der Waals surface area contributed by atoms with E-state index < -0.39 is 6.10 Å². The van der Waals surface area contributed by atoms with Crippen LogP contribution in [0.25, 0.3) is 10.9 Å². The van der Waals surface area contributed by atoms with Gasteiger partial charge in [0.1, 0.15) is 6.54 Å². The molecule has 0 fully saturated rings. The molecule has 0 radical (unpaired) electrons. The molecular weight excluding hydrogens is 356 g/mol. The van der Waals surface area contributed by atoms with E-state index in [0.29, 0.717) is 30.6 Å². The summed E-state index contributed by atoms with van der Waals surface area (Å²) in [5, 5.41) is 15.2. The number of aliphatic hydroxyl groups excluding tert-OH is 1. The van der Waals surface area contributed by atoms with E-state index >= 15 is 0 Å². The molecule has 0 saturated carbocycles. The number of aryl methyl sites for hydroxylation is 1. The molecule has 3 aromatic rings. The lowest BCUT2D eigenvalue weighted by molar-refractivity contribution is -0.132. The van der Waals surface area contributed by atoms with Crippen molar-refractivity contribution in [2.75, 3.05) is 6.54 Å². The van der Waals surface area contributed by atoms with Crippen LogP contribution < -0.4 is 5.43 Å². The number of para-hydroxylation sites is 1. The van der Waals surface area contributed by atoms with Crippen LogP contribution in [0.2, 0.25) is 0 Å². The summed E-state index contributed by atoms with van der Waals surface area (Å²) < 4.78 is 3.73. The van der Waals surface area contributed by atoms with Crippen LogP contribution in [0.15, 0.2) is 47.4 Å². The maximum Gasteiger partial charge on any atom is 0.242 e. The maximum atomic E-state index is 13.0. The second-order valence-electron chi connectivity index (χ2n) is 7.20. The average Bonchev–Trinajstić information content (AvgIpc) is 3.01. The topological polar surface area (TPSA) is 80.4 Å². The van der Waals surface area contributed by atoms with Crippen LogP contribution in [0.1, 0.15) is 37.3 Å². The lowest BCUT2D eigenvalue weighted by atomic mass is 10.2. The molecule has 146 valence electrons. The van der Waals surface area contributed by atoms with Crippen molar-refractivity contribution in [2.24, 2.45) is 0 Å². The number of hydrogen-bond acceptors (Lipinski definition) is 4. The van der Waals surface area contributed by atoms with Crippen LogP contribution >= 0.6 is 0 Å².